The lowest BCUT2D eigenvalue weighted by molar-refractivity contribution is -0.136. The summed E-state index contributed by atoms with van der Waals surface area (Å²) < 4.78 is 40.0. The van der Waals surface area contributed by atoms with Crippen molar-refractivity contribution in [1.82, 2.24) is 4.68 Å². The van der Waals surface area contributed by atoms with Crippen molar-refractivity contribution in [3.05, 3.63) is 81.6 Å². The number of aromatic nitrogens is 1. The van der Waals surface area contributed by atoms with Crippen LogP contribution < -0.4 is 11.4 Å². The number of nitrogens with two attached hydrogens (primary N) is 1. The molecule has 0 amide bonds. The summed E-state index contributed by atoms with van der Waals surface area (Å²) in [6.07, 6.45) is -4.06. The Morgan fingerprint density at radius 3 is 2.30 bits per heavy atom. The van der Waals surface area contributed by atoms with Crippen LogP contribution in [0.1, 0.15) is 16.7 Å². The lowest BCUT2D eigenvalue weighted by atomic mass is 10.0. The Bertz CT molecular complexity index is 915. The van der Waals surface area contributed by atoms with Gasteiger partial charge in [-0.3, -0.25) is 4.79 Å². The van der Waals surface area contributed by atoms with Crippen LogP contribution >= 0.6 is 0 Å². The SMILES string of the molecule is Nn1c(=O)cc(C(F)(F)F)c2ccc(Cc3ccccc3)cc21. The van der Waals surface area contributed by atoms with Crippen LogP contribution in [0, 0.1) is 0 Å². The number of pyridine rings is 1. The van der Waals surface area contributed by atoms with Crippen LogP contribution in [0.5, 0.6) is 0 Å². The Kier molecular flexibility index (Phi) is 3.60. The minimum atomic E-state index is -4.60. The Morgan fingerprint density at radius 2 is 1.65 bits per heavy atom. The summed E-state index contributed by atoms with van der Waals surface area (Å²) >= 11 is 0. The van der Waals surface area contributed by atoms with Crippen molar-refractivity contribution >= 4 is 10.9 Å². The van der Waals surface area contributed by atoms with Crippen molar-refractivity contribution in [3.63, 3.8) is 0 Å². The number of hydrogen-bond acceptors (Lipinski definition) is 2. The van der Waals surface area contributed by atoms with Crippen LogP contribution in [0.2, 0.25) is 0 Å². The van der Waals surface area contributed by atoms with E-state index in [1.54, 1.807) is 6.07 Å². The number of halogens is 3. The van der Waals surface area contributed by atoms with E-state index in [0.29, 0.717) is 12.5 Å². The Balaban J connectivity index is 2.16. The predicted molar refractivity (Wildman–Crippen MR) is 82.6 cm³/mol. The van der Waals surface area contributed by atoms with Crippen molar-refractivity contribution in [2.24, 2.45) is 0 Å². The van der Waals surface area contributed by atoms with Gasteiger partial charge in [0.15, 0.2) is 0 Å². The van der Waals surface area contributed by atoms with Gasteiger partial charge >= 0.3 is 6.18 Å². The summed E-state index contributed by atoms with van der Waals surface area (Å²) in [5.74, 6) is 5.63. The van der Waals surface area contributed by atoms with Crippen molar-refractivity contribution in [1.29, 1.82) is 0 Å². The molecule has 3 aromatic rings. The summed E-state index contributed by atoms with van der Waals surface area (Å²) in [7, 11) is 0. The number of nitrogen functional groups attached to an aromatic ring is 1. The second-order valence-electron chi connectivity index (χ2n) is 5.28. The maximum Gasteiger partial charge on any atom is 0.417 e. The summed E-state index contributed by atoms with van der Waals surface area (Å²) in [4.78, 5) is 11.7. The van der Waals surface area contributed by atoms with E-state index in [9.17, 15) is 18.0 Å². The lowest BCUT2D eigenvalue weighted by Crippen LogP contribution is -2.29. The van der Waals surface area contributed by atoms with Gasteiger partial charge in [-0.2, -0.15) is 13.2 Å². The summed E-state index contributed by atoms with van der Waals surface area (Å²) in [6, 6.07) is 14.5. The molecule has 3 nitrogen and oxygen atoms in total. The molecule has 0 aliphatic rings. The van der Waals surface area contributed by atoms with E-state index in [2.05, 4.69) is 0 Å². The van der Waals surface area contributed by atoms with Gasteiger partial charge in [-0.25, -0.2) is 4.68 Å². The topological polar surface area (TPSA) is 48.0 Å². The Hall–Kier alpha value is -2.76. The number of rotatable bonds is 2. The van der Waals surface area contributed by atoms with Gasteiger partial charge in [0.2, 0.25) is 0 Å². The molecule has 6 heteroatoms. The highest BCUT2D eigenvalue weighted by Crippen LogP contribution is 2.33. The fourth-order valence-electron chi connectivity index (χ4n) is 2.57. The zero-order valence-corrected chi connectivity index (χ0v) is 12.0. The maximum absolute atomic E-state index is 13.1. The van der Waals surface area contributed by atoms with Crippen LogP contribution in [0.15, 0.2) is 59.4 Å². The van der Waals surface area contributed by atoms with Gasteiger partial charge in [0.25, 0.3) is 5.56 Å². The van der Waals surface area contributed by atoms with Gasteiger partial charge in [-0.05, 0) is 23.6 Å². The third-order valence-electron chi connectivity index (χ3n) is 3.67. The predicted octanol–water partition coefficient (Wildman–Crippen LogP) is 3.32. The molecule has 0 aliphatic carbocycles. The van der Waals surface area contributed by atoms with Gasteiger partial charge in [-0.1, -0.05) is 42.5 Å². The van der Waals surface area contributed by atoms with Crippen LogP contribution in [0.3, 0.4) is 0 Å². The van der Waals surface area contributed by atoms with Crippen molar-refractivity contribution in [2.45, 2.75) is 12.6 Å². The standard InChI is InChI=1S/C17H13F3N2O/c18-17(19,20)14-10-16(23)22(21)15-9-12(6-7-13(14)15)8-11-4-2-1-3-5-11/h1-7,9-10H,8,21H2. The number of nitrogens with zero attached hydrogens (tertiary/aromatic N) is 1. The van der Waals surface area contributed by atoms with Crippen molar-refractivity contribution in [3.8, 4) is 0 Å². The fraction of sp³-hybridized carbons (Fsp3) is 0.118. The van der Waals surface area contributed by atoms with E-state index in [1.165, 1.54) is 12.1 Å². The third-order valence-corrected chi connectivity index (χ3v) is 3.67. The molecule has 0 saturated heterocycles. The molecular formula is C17H13F3N2O. The van der Waals surface area contributed by atoms with Gasteiger partial charge in [-0.15, -0.1) is 0 Å². The number of fused-ring (bicyclic) bond motifs is 1. The molecule has 1 heterocycles. The van der Waals surface area contributed by atoms with E-state index in [4.69, 9.17) is 5.84 Å². The first kappa shape index (κ1) is 15.1. The molecule has 0 saturated carbocycles. The molecule has 0 spiro atoms. The number of benzene rings is 2. The molecule has 2 N–H and O–H groups in total. The van der Waals surface area contributed by atoms with Crippen LogP contribution in [-0.2, 0) is 12.6 Å². The minimum absolute atomic E-state index is 0.0678. The molecule has 0 bridgehead atoms. The average molecular weight is 318 g/mol. The number of hydrogen-bond donors (Lipinski definition) is 1. The van der Waals surface area contributed by atoms with Crippen molar-refractivity contribution < 1.29 is 13.2 Å². The lowest BCUT2D eigenvalue weighted by Gasteiger charge is -2.13. The van der Waals surface area contributed by atoms with E-state index < -0.39 is 17.3 Å². The van der Waals surface area contributed by atoms with Crippen LogP contribution in [0.25, 0.3) is 10.9 Å². The maximum atomic E-state index is 13.1. The highest BCUT2D eigenvalue weighted by atomic mass is 19.4. The largest absolute Gasteiger partial charge is 0.417 e. The van der Waals surface area contributed by atoms with E-state index in [0.717, 1.165) is 15.8 Å². The molecule has 0 unspecified atom stereocenters. The second-order valence-corrected chi connectivity index (χ2v) is 5.28. The summed E-state index contributed by atoms with van der Waals surface area (Å²) in [5, 5.41) is -0.0867. The summed E-state index contributed by atoms with van der Waals surface area (Å²) in [6.45, 7) is 0. The monoisotopic (exact) mass is 318 g/mol. The van der Waals surface area contributed by atoms with Gasteiger partial charge in [0, 0.05) is 11.5 Å². The number of alkyl halides is 3. The smallest absolute Gasteiger partial charge is 0.336 e. The quantitative estimate of drug-likeness (QED) is 0.737. The van der Waals surface area contributed by atoms with E-state index in [1.807, 2.05) is 30.3 Å². The van der Waals surface area contributed by atoms with Gasteiger partial charge < -0.3 is 5.84 Å². The molecule has 23 heavy (non-hydrogen) atoms. The van der Waals surface area contributed by atoms with Crippen LogP contribution in [0.4, 0.5) is 13.2 Å². The van der Waals surface area contributed by atoms with Crippen LogP contribution in [-0.4, -0.2) is 4.68 Å². The third kappa shape index (κ3) is 2.92. The van der Waals surface area contributed by atoms with Gasteiger partial charge in [0.05, 0.1) is 11.1 Å². The second kappa shape index (κ2) is 5.46. The Labute approximate surface area is 129 Å². The zero-order chi connectivity index (χ0) is 16.6. The highest BCUT2D eigenvalue weighted by molar-refractivity contribution is 5.84. The molecule has 0 fully saturated rings. The fourth-order valence-corrected chi connectivity index (χ4v) is 2.57. The molecule has 2 aromatic carbocycles. The molecule has 1 aromatic heterocycles. The first-order chi connectivity index (χ1) is 10.9. The Morgan fingerprint density at radius 1 is 0.957 bits per heavy atom. The normalized spacial score (nSPS) is 11.8. The first-order valence-electron chi connectivity index (χ1n) is 6.91. The minimum Gasteiger partial charge on any atom is -0.336 e. The zero-order valence-electron chi connectivity index (χ0n) is 12.0. The van der Waals surface area contributed by atoms with E-state index >= 15 is 0 Å². The highest BCUT2D eigenvalue weighted by Gasteiger charge is 2.33. The van der Waals surface area contributed by atoms with Gasteiger partial charge in [0.1, 0.15) is 0 Å². The van der Waals surface area contributed by atoms with Crippen molar-refractivity contribution in [2.75, 3.05) is 5.84 Å². The molecule has 0 radical (unpaired) electrons. The first-order valence-corrected chi connectivity index (χ1v) is 6.91. The average Bonchev–Trinajstić information content (AvgIpc) is 2.51. The molecular weight excluding hydrogens is 305 g/mol. The molecule has 118 valence electrons. The summed E-state index contributed by atoms with van der Waals surface area (Å²) in [5.41, 5.74) is 0.0109. The molecule has 3 rings (SSSR count). The van der Waals surface area contributed by atoms with E-state index in [-0.39, 0.29) is 10.9 Å². The molecule has 0 atom stereocenters. The molecule has 0 aliphatic heterocycles.